The molecule has 2 aromatic carbocycles. The van der Waals surface area contributed by atoms with Crippen molar-refractivity contribution in [1.82, 2.24) is 5.32 Å². The molecule has 1 N–H and O–H groups in total. The molecule has 1 atom stereocenters. The van der Waals surface area contributed by atoms with Crippen LogP contribution in [0, 0.1) is 6.92 Å². The number of carbonyl (C=O) groups excluding carboxylic acids is 1. The van der Waals surface area contributed by atoms with Gasteiger partial charge in [-0.25, -0.2) is 8.42 Å². The van der Waals surface area contributed by atoms with Crippen LogP contribution in [0.5, 0.6) is 5.75 Å². The summed E-state index contributed by atoms with van der Waals surface area (Å²) in [5.41, 5.74) is 5.00. The normalized spacial score (nSPS) is 14.5. The smallest absolute Gasteiger partial charge is 0.241 e. The second-order valence-electron chi connectivity index (χ2n) is 7.97. The fraction of sp³-hybridized carbons (Fsp3) is 0.435. The first-order chi connectivity index (χ1) is 14.2. The predicted molar refractivity (Wildman–Crippen MR) is 120 cm³/mol. The molecule has 0 heterocycles. The zero-order valence-corrected chi connectivity index (χ0v) is 18.9. The molecule has 7 heteroatoms. The van der Waals surface area contributed by atoms with E-state index < -0.39 is 10.0 Å². The summed E-state index contributed by atoms with van der Waals surface area (Å²) < 4.78 is 31.3. The van der Waals surface area contributed by atoms with E-state index in [1.165, 1.54) is 31.1 Å². The zero-order valence-electron chi connectivity index (χ0n) is 18.1. The van der Waals surface area contributed by atoms with Crippen LogP contribution in [0.15, 0.2) is 36.4 Å². The first-order valence-electron chi connectivity index (χ1n) is 10.2. The van der Waals surface area contributed by atoms with Gasteiger partial charge in [0, 0.05) is 0 Å². The average Bonchev–Trinajstić information content (AvgIpc) is 2.70. The van der Waals surface area contributed by atoms with Crippen LogP contribution in [0.3, 0.4) is 0 Å². The van der Waals surface area contributed by atoms with Crippen molar-refractivity contribution in [2.75, 3.05) is 24.2 Å². The van der Waals surface area contributed by atoms with Gasteiger partial charge in [-0.1, -0.05) is 24.3 Å². The van der Waals surface area contributed by atoms with Gasteiger partial charge >= 0.3 is 0 Å². The number of ether oxygens (including phenoxy) is 1. The Morgan fingerprint density at radius 2 is 1.83 bits per heavy atom. The van der Waals surface area contributed by atoms with E-state index >= 15 is 0 Å². The number of nitrogens with one attached hydrogen (secondary N) is 1. The molecule has 162 valence electrons. The molecule has 30 heavy (non-hydrogen) atoms. The number of fused-ring (bicyclic) bond motifs is 1. The molecular formula is C23H30N2O4S. The third kappa shape index (κ3) is 5.14. The molecule has 2 aromatic rings. The highest BCUT2D eigenvalue weighted by Gasteiger charge is 2.25. The Hall–Kier alpha value is -2.54. The Bertz CT molecular complexity index is 1030. The van der Waals surface area contributed by atoms with Crippen molar-refractivity contribution < 1.29 is 17.9 Å². The molecule has 0 spiro atoms. The molecule has 0 saturated heterocycles. The van der Waals surface area contributed by atoms with E-state index in [2.05, 4.69) is 17.4 Å². The molecule has 0 saturated carbocycles. The maximum atomic E-state index is 12.8. The number of nitrogens with zero attached hydrogens (tertiary/aromatic N) is 1. The minimum Gasteiger partial charge on any atom is -0.495 e. The van der Waals surface area contributed by atoms with Crippen molar-refractivity contribution in [2.45, 2.75) is 45.6 Å². The summed E-state index contributed by atoms with van der Waals surface area (Å²) in [5.74, 6) is 0.0377. The fourth-order valence-electron chi connectivity index (χ4n) is 3.90. The van der Waals surface area contributed by atoms with Gasteiger partial charge in [-0.2, -0.15) is 0 Å². The number of hydrogen-bond acceptors (Lipinski definition) is 4. The molecule has 1 amide bonds. The Morgan fingerprint density at radius 3 is 2.50 bits per heavy atom. The predicted octanol–water partition coefficient (Wildman–Crippen LogP) is 3.53. The summed E-state index contributed by atoms with van der Waals surface area (Å²) in [5, 5.41) is 2.94. The monoisotopic (exact) mass is 430 g/mol. The van der Waals surface area contributed by atoms with Gasteiger partial charge in [-0.3, -0.25) is 9.10 Å². The van der Waals surface area contributed by atoms with E-state index in [-0.39, 0.29) is 18.5 Å². The van der Waals surface area contributed by atoms with Crippen LogP contribution in [0.25, 0.3) is 0 Å². The number of aryl methyl sites for hydroxylation is 3. The third-order valence-corrected chi connectivity index (χ3v) is 6.67. The van der Waals surface area contributed by atoms with E-state index in [4.69, 9.17) is 4.74 Å². The van der Waals surface area contributed by atoms with E-state index in [1.54, 1.807) is 12.1 Å². The van der Waals surface area contributed by atoms with Crippen molar-refractivity contribution in [3.63, 3.8) is 0 Å². The van der Waals surface area contributed by atoms with Crippen LogP contribution >= 0.6 is 0 Å². The summed E-state index contributed by atoms with van der Waals surface area (Å²) in [6.07, 6.45) is 5.69. The molecule has 1 aliphatic rings. The second kappa shape index (κ2) is 9.08. The van der Waals surface area contributed by atoms with Gasteiger partial charge < -0.3 is 10.1 Å². The highest BCUT2D eigenvalue weighted by Crippen LogP contribution is 2.31. The van der Waals surface area contributed by atoms with Gasteiger partial charge in [0.05, 0.1) is 25.1 Å². The fourth-order valence-corrected chi connectivity index (χ4v) is 4.75. The molecule has 1 unspecified atom stereocenters. The maximum absolute atomic E-state index is 12.8. The van der Waals surface area contributed by atoms with Gasteiger partial charge in [0.1, 0.15) is 12.3 Å². The Labute approximate surface area is 179 Å². The largest absolute Gasteiger partial charge is 0.495 e. The van der Waals surface area contributed by atoms with Crippen molar-refractivity contribution in [3.8, 4) is 5.75 Å². The molecule has 0 fully saturated rings. The second-order valence-corrected chi connectivity index (χ2v) is 9.88. The number of carbonyl (C=O) groups is 1. The molecule has 3 rings (SSSR count). The van der Waals surface area contributed by atoms with Crippen LogP contribution in [0.4, 0.5) is 5.69 Å². The van der Waals surface area contributed by atoms with E-state index in [9.17, 15) is 13.2 Å². The lowest BCUT2D eigenvalue weighted by molar-refractivity contribution is -0.120. The molecule has 0 aromatic heterocycles. The molecule has 0 radical (unpaired) electrons. The minimum atomic E-state index is -3.68. The SMILES string of the molecule is COc1ccc(C)cc1N(CC(=O)NC(C)c1ccc2c(c1)CCCC2)S(C)(=O)=O. The molecular weight excluding hydrogens is 400 g/mol. The third-order valence-electron chi connectivity index (χ3n) is 5.54. The maximum Gasteiger partial charge on any atom is 0.241 e. The van der Waals surface area contributed by atoms with Crippen LogP contribution in [0.2, 0.25) is 0 Å². The number of rotatable bonds is 7. The molecule has 0 aliphatic heterocycles. The highest BCUT2D eigenvalue weighted by atomic mass is 32.2. The van der Waals surface area contributed by atoms with Crippen molar-refractivity contribution in [3.05, 3.63) is 58.7 Å². The first kappa shape index (κ1) is 22.2. The van der Waals surface area contributed by atoms with Gasteiger partial charge in [0.15, 0.2) is 0 Å². The lowest BCUT2D eigenvalue weighted by Crippen LogP contribution is -2.41. The summed E-state index contributed by atoms with van der Waals surface area (Å²) in [4.78, 5) is 12.8. The lowest BCUT2D eigenvalue weighted by Gasteiger charge is -2.25. The highest BCUT2D eigenvalue weighted by molar-refractivity contribution is 7.92. The number of amides is 1. The standard InChI is InChI=1S/C23H30N2O4S/c1-16-9-12-22(29-3)21(13-16)25(30(4,27)28)15-23(26)24-17(2)19-11-10-18-7-5-6-8-20(18)14-19/h9-14,17H,5-8,15H2,1-4H3,(H,24,26). The van der Waals surface area contributed by atoms with E-state index in [0.29, 0.717) is 11.4 Å². The van der Waals surface area contributed by atoms with Crippen LogP contribution < -0.4 is 14.4 Å². The van der Waals surface area contributed by atoms with Crippen LogP contribution in [-0.2, 0) is 27.7 Å². The van der Waals surface area contributed by atoms with Gasteiger partial charge in [-0.15, -0.1) is 0 Å². The van der Waals surface area contributed by atoms with E-state index in [0.717, 1.165) is 34.5 Å². The Balaban J connectivity index is 1.78. The number of methoxy groups -OCH3 is 1. The molecule has 1 aliphatic carbocycles. The zero-order chi connectivity index (χ0) is 21.9. The summed E-state index contributed by atoms with van der Waals surface area (Å²) in [6.45, 7) is 3.47. The molecule has 0 bridgehead atoms. The van der Waals surface area contributed by atoms with Gasteiger partial charge in [0.2, 0.25) is 15.9 Å². The van der Waals surface area contributed by atoms with Crippen molar-refractivity contribution in [1.29, 1.82) is 0 Å². The number of hydrogen-bond donors (Lipinski definition) is 1. The summed E-state index contributed by atoms with van der Waals surface area (Å²) in [7, 11) is -2.20. The quantitative estimate of drug-likeness (QED) is 0.729. The first-order valence-corrected chi connectivity index (χ1v) is 12.1. The average molecular weight is 431 g/mol. The lowest BCUT2D eigenvalue weighted by atomic mass is 9.89. The number of sulfonamides is 1. The van der Waals surface area contributed by atoms with Crippen molar-refractivity contribution >= 4 is 21.6 Å². The topological polar surface area (TPSA) is 75.7 Å². The van der Waals surface area contributed by atoms with Crippen LogP contribution in [-0.4, -0.2) is 34.2 Å². The number of benzene rings is 2. The molecule has 6 nitrogen and oxygen atoms in total. The van der Waals surface area contributed by atoms with Gasteiger partial charge in [-0.05, 0) is 73.9 Å². The Kier molecular flexibility index (Phi) is 6.71. The summed E-state index contributed by atoms with van der Waals surface area (Å²) in [6, 6.07) is 11.4. The van der Waals surface area contributed by atoms with Crippen LogP contribution in [0.1, 0.15) is 48.1 Å². The minimum absolute atomic E-state index is 0.217. The van der Waals surface area contributed by atoms with Gasteiger partial charge in [0.25, 0.3) is 0 Å². The Morgan fingerprint density at radius 1 is 1.13 bits per heavy atom. The van der Waals surface area contributed by atoms with Crippen molar-refractivity contribution in [2.24, 2.45) is 0 Å². The number of anilines is 1. The van der Waals surface area contributed by atoms with E-state index in [1.807, 2.05) is 26.0 Å². The summed E-state index contributed by atoms with van der Waals surface area (Å²) >= 11 is 0.